The molecule has 0 bridgehead atoms. The predicted octanol–water partition coefficient (Wildman–Crippen LogP) is -3.06. The summed E-state index contributed by atoms with van der Waals surface area (Å²) < 4.78 is 4.47. The first kappa shape index (κ1) is 16.9. The van der Waals surface area contributed by atoms with Crippen molar-refractivity contribution in [3.05, 3.63) is 0 Å². The summed E-state index contributed by atoms with van der Waals surface area (Å²) in [6.07, 6.45) is -7.29. The number of rotatable bonds is 8. The molecule has 0 aromatic heterocycles. The van der Waals surface area contributed by atoms with Gasteiger partial charge in [-0.2, -0.15) is 0 Å². The molecule has 0 saturated heterocycles. The molecule has 0 unspecified atom stereocenters. The van der Waals surface area contributed by atoms with E-state index < -0.39 is 55.8 Å². The van der Waals surface area contributed by atoms with Crippen molar-refractivity contribution in [1.82, 2.24) is 0 Å². The van der Waals surface area contributed by atoms with Gasteiger partial charge >= 0.3 is 5.97 Å². The van der Waals surface area contributed by atoms with Gasteiger partial charge in [0.15, 0.2) is 0 Å². The van der Waals surface area contributed by atoms with Gasteiger partial charge in [-0.25, -0.2) is 0 Å². The van der Waals surface area contributed by atoms with Crippen LogP contribution in [0.1, 0.15) is 13.3 Å². The van der Waals surface area contributed by atoms with E-state index in [9.17, 15) is 24.9 Å². The third-order valence-corrected chi connectivity index (χ3v) is 2.13. The van der Waals surface area contributed by atoms with Crippen molar-refractivity contribution in [1.29, 1.82) is 0 Å². The van der Waals surface area contributed by atoms with Crippen LogP contribution in [0.3, 0.4) is 0 Å². The third-order valence-electron chi connectivity index (χ3n) is 2.13. The number of ether oxygens (including phenoxy) is 1. The van der Waals surface area contributed by atoms with Crippen LogP contribution in [0.25, 0.3) is 0 Å². The van der Waals surface area contributed by atoms with E-state index in [1.807, 2.05) is 0 Å². The summed E-state index contributed by atoms with van der Waals surface area (Å²) in [5, 5.41) is 45.5. The van der Waals surface area contributed by atoms with Gasteiger partial charge in [0.25, 0.3) is 0 Å². The minimum atomic E-state index is -1.79. The normalized spacial score (nSPS) is 17.7. The highest BCUT2D eigenvalue weighted by molar-refractivity contribution is 5.94. The number of carbonyl (C=O) groups is 2. The number of carbonyl (C=O) groups excluding carboxylic acids is 2. The first-order valence-electron chi connectivity index (χ1n) is 5.27. The molecule has 106 valence electrons. The molecule has 4 atom stereocenters. The Labute approximate surface area is 103 Å². The lowest BCUT2D eigenvalue weighted by Gasteiger charge is -2.25. The summed E-state index contributed by atoms with van der Waals surface area (Å²) in [6, 6.07) is 0. The van der Waals surface area contributed by atoms with Gasteiger partial charge < -0.3 is 30.3 Å². The van der Waals surface area contributed by atoms with Crippen LogP contribution >= 0.6 is 0 Å². The minimum absolute atomic E-state index is 0.411. The summed E-state index contributed by atoms with van der Waals surface area (Å²) in [5.41, 5.74) is 0. The van der Waals surface area contributed by atoms with Crippen LogP contribution in [0.2, 0.25) is 0 Å². The lowest BCUT2D eigenvalue weighted by Crippen LogP contribution is -2.47. The van der Waals surface area contributed by atoms with Crippen LogP contribution in [0.4, 0.5) is 0 Å². The molecule has 0 radical (unpaired) electrons. The van der Waals surface area contributed by atoms with Crippen molar-refractivity contribution in [2.24, 2.45) is 0 Å². The van der Waals surface area contributed by atoms with Crippen LogP contribution < -0.4 is 0 Å². The van der Waals surface area contributed by atoms with E-state index in [1.165, 1.54) is 6.92 Å². The van der Waals surface area contributed by atoms with Crippen molar-refractivity contribution in [2.75, 3.05) is 13.2 Å². The zero-order valence-electron chi connectivity index (χ0n) is 9.89. The number of Topliss-reactive ketones (excluding diaryl/α,β-unsaturated/α-hetero) is 1. The highest BCUT2D eigenvalue weighted by atomic mass is 16.5. The van der Waals surface area contributed by atoms with Gasteiger partial charge in [-0.1, -0.05) is 0 Å². The first-order chi connectivity index (χ1) is 8.29. The largest absolute Gasteiger partial charge is 0.462 e. The van der Waals surface area contributed by atoms with Crippen LogP contribution in [0.5, 0.6) is 0 Å². The smallest absolute Gasteiger partial charge is 0.313 e. The molecule has 5 N–H and O–H groups in total. The maximum Gasteiger partial charge on any atom is 0.313 e. The zero-order valence-corrected chi connectivity index (χ0v) is 9.89. The Hall–Kier alpha value is -1.06. The second-order valence-corrected chi connectivity index (χ2v) is 3.86. The summed E-state index contributed by atoms with van der Waals surface area (Å²) in [5.74, 6) is -1.28. The Morgan fingerprint density at radius 3 is 2.00 bits per heavy atom. The molecule has 0 aromatic carbocycles. The van der Waals surface area contributed by atoms with Crippen molar-refractivity contribution in [3.8, 4) is 0 Å². The average molecular weight is 266 g/mol. The van der Waals surface area contributed by atoms with Gasteiger partial charge in [-0.3, -0.25) is 9.59 Å². The van der Waals surface area contributed by atoms with Crippen LogP contribution in [0.15, 0.2) is 0 Å². The Morgan fingerprint density at radius 2 is 1.56 bits per heavy atom. The number of hydrogen-bond acceptors (Lipinski definition) is 8. The summed E-state index contributed by atoms with van der Waals surface area (Å²) >= 11 is 0. The molecular weight excluding hydrogens is 248 g/mol. The Kier molecular flexibility index (Phi) is 7.64. The Balaban J connectivity index is 4.12. The van der Waals surface area contributed by atoms with Crippen molar-refractivity contribution >= 4 is 11.8 Å². The zero-order chi connectivity index (χ0) is 14.3. The molecule has 0 aliphatic heterocycles. The van der Waals surface area contributed by atoms with Gasteiger partial charge in [0, 0.05) is 0 Å². The maximum absolute atomic E-state index is 11.0. The van der Waals surface area contributed by atoms with E-state index >= 15 is 0 Å². The van der Waals surface area contributed by atoms with Gasteiger partial charge in [0.1, 0.15) is 43.2 Å². The van der Waals surface area contributed by atoms with E-state index in [1.54, 1.807) is 0 Å². The number of aliphatic hydroxyl groups is 5. The van der Waals surface area contributed by atoms with Crippen LogP contribution in [-0.2, 0) is 14.3 Å². The monoisotopic (exact) mass is 266 g/mol. The van der Waals surface area contributed by atoms with E-state index in [4.69, 9.17) is 10.2 Å². The molecule has 8 nitrogen and oxygen atoms in total. The van der Waals surface area contributed by atoms with Gasteiger partial charge in [-0.15, -0.1) is 0 Å². The average Bonchev–Trinajstić information content (AvgIpc) is 2.32. The number of hydrogen-bond donors (Lipinski definition) is 5. The quantitative estimate of drug-likeness (QED) is 0.230. The highest BCUT2D eigenvalue weighted by Crippen LogP contribution is 2.06. The van der Waals surface area contributed by atoms with Gasteiger partial charge in [0.2, 0.25) is 0 Å². The standard InChI is InChI=1S/C10H18O8/c1-5(12)2-8(15)18-4-7(14)10(17)9(16)6(13)3-11/h6-7,9-11,13-14,16-17H,2-4H2,1H3/t6-,7+,9-,10-/m0/s1. The molecule has 0 saturated carbocycles. The second kappa shape index (κ2) is 8.11. The number of aliphatic hydroxyl groups excluding tert-OH is 5. The van der Waals surface area contributed by atoms with Crippen LogP contribution in [-0.4, -0.2) is 74.9 Å². The predicted molar refractivity (Wildman–Crippen MR) is 57.4 cm³/mol. The number of ketones is 1. The van der Waals surface area contributed by atoms with Gasteiger partial charge in [-0.05, 0) is 6.92 Å². The van der Waals surface area contributed by atoms with E-state index in [0.29, 0.717) is 0 Å². The van der Waals surface area contributed by atoms with Gasteiger partial charge in [0.05, 0.1) is 6.61 Å². The van der Waals surface area contributed by atoms with E-state index in [-0.39, 0.29) is 0 Å². The Morgan fingerprint density at radius 1 is 1.06 bits per heavy atom. The maximum atomic E-state index is 11.0. The highest BCUT2D eigenvalue weighted by Gasteiger charge is 2.30. The molecule has 18 heavy (non-hydrogen) atoms. The van der Waals surface area contributed by atoms with Crippen molar-refractivity contribution in [3.63, 3.8) is 0 Å². The molecule has 0 rings (SSSR count). The lowest BCUT2D eigenvalue weighted by atomic mass is 10.0. The topological polar surface area (TPSA) is 145 Å². The van der Waals surface area contributed by atoms with E-state index in [0.717, 1.165) is 0 Å². The summed E-state index contributed by atoms with van der Waals surface area (Å²) in [6.45, 7) is -0.245. The fourth-order valence-corrected chi connectivity index (χ4v) is 1.09. The summed E-state index contributed by atoms with van der Waals surface area (Å²) in [7, 11) is 0. The van der Waals surface area contributed by atoms with Crippen molar-refractivity contribution in [2.45, 2.75) is 37.8 Å². The fourth-order valence-electron chi connectivity index (χ4n) is 1.09. The van der Waals surface area contributed by atoms with E-state index in [2.05, 4.69) is 4.74 Å². The summed E-state index contributed by atoms with van der Waals surface area (Å²) in [4.78, 5) is 21.5. The molecule has 8 heteroatoms. The SMILES string of the molecule is CC(=O)CC(=O)OC[C@@H](O)[C@H](O)[C@@H](O)[C@@H](O)CO. The molecule has 0 aromatic rings. The number of esters is 1. The Bertz CT molecular complexity index is 279. The molecule has 0 aliphatic rings. The molecule has 0 heterocycles. The second-order valence-electron chi connectivity index (χ2n) is 3.86. The molecular formula is C10H18O8. The van der Waals surface area contributed by atoms with Crippen molar-refractivity contribution < 1.29 is 39.9 Å². The molecule has 0 spiro atoms. The fraction of sp³-hybridized carbons (Fsp3) is 0.800. The molecule has 0 amide bonds. The third kappa shape index (κ3) is 6.03. The minimum Gasteiger partial charge on any atom is -0.462 e. The first-order valence-corrected chi connectivity index (χ1v) is 5.27. The molecule has 0 aliphatic carbocycles. The molecule has 0 fully saturated rings. The lowest BCUT2D eigenvalue weighted by molar-refractivity contribution is -0.157. The van der Waals surface area contributed by atoms with Crippen LogP contribution in [0, 0.1) is 0 Å².